The van der Waals surface area contributed by atoms with Gasteiger partial charge in [-0.1, -0.05) is 31.2 Å². The minimum absolute atomic E-state index is 0.0423. The van der Waals surface area contributed by atoms with Crippen molar-refractivity contribution in [1.82, 2.24) is 4.90 Å². The van der Waals surface area contributed by atoms with Gasteiger partial charge in [-0.25, -0.2) is 0 Å². The van der Waals surface area contributed by atoms with Crippen molar-refractivity contribution in [3.8, 4) is 11.5 Å². The molecule has 2 heterocycles. The Kier molecular flexibility index (Phi) is 6.03. The van der Waals surface area contributed by atoms with Crippen LogP contribution in [0.5, 0.6) is 11.5 Å². The third-order valence-electron chi connectivity index (χ3n) is 6.09. The molecule has 32 heavy (non-hydrogen) atoms. The number of hydrogen-bond donors (Lipinski definition) is 2. The average Bonchev–Trinajstić information content (AvgIpc) is 3.12. The quantitative estimate of drug-likeness (QED) is 0.652. The Morgan fingerprint density at radius 2 is 2.03 bits per heavy atom. The molecule has 0 radical (unpaired) electrons. The van der Waals surface area contributed by atoms with Crippen molar-refractivity contribution in [1.29, 1.82) is 0 Å². The molecule has 0 bridgehead atoms. The number of carboxylic acids is 1. The number of aliphatic carboxylic acids is 1. The van der Waals surface area contributed by atoms with Crippen molar-refractivity contribution in [2.75, 3.05) is 13.2 Å². The van der Waals surface area contributed by atoms with Crippen LogP contribution < -0.4 is 15.2 Å². The number of hydrogen-bond acceptors (Lipinski definition) is 5. The third kappa shape index (κ3) is 4.26. The van der Waals surface area contributed by atoms with Gasteiger partial charge in [0.05, 0.1) is 25.7 Å². The van der Waals surface area contributed by atoms with Gasteiger partial charge in [0.15, 0.2) is 0 Å². The molecule has 0 spiro atoms. The number of carbonyl (C=O) groups excluding carboxylic acids is 2. The number of fused-ring (bicyclic) bond motifs is 2. The Morgan fingerprint density at radius 3 is 2.78 bits per heavy atom. The highest BCUT2D eigenvalue weighted by molar-refractivity contribution is 6.01. The van der Waals surface area contributed by atoms with Gasteiger partial charge in [0, 0.05) is 17.0 Å². The van der Waals surface area contributed by atoms with Crippen molar-refractivity contribution in [2.45, 2.75) is 32.4 Å². The molecule has 3 N–H and O–H groups in total. The van der Waals surface area contributed by atoms with Crippen molar-refractivity contribution in [3.63, 3.8) is 0 Å². The Hall–Kier alpha value is -3.55. The van der Waals surface area contributed by atoms with Crippen LogP contribution in [0.3, 0.4) is 0 Å². The van der Waals surface area contributed by atoms with Crippen LogP contribution in [0.25, 0.3) is 0 Å². The molecular formula is C24H26N2O6. The minimum Gasteiger partial charge on any atom is -0.493 e. The lowest BCUT2D eigenvalue weighted by Gasteiger charge is -2.27. The normalized spacial score (nSPS) is 18.8. The van der Waals surface area contributed by atoms with Crippen LogP contribution in [0.2, 0.25) is 0 Å². The Labute approximate surface area is 185 Å². The largest absolute Gasteiger partial charge is 0.493 e. The van der Waals surface area contributed by atoms with E-state index in [-0.39, 0.29) is 24.8 Å². The van der Waals surface area contributed by atoms with Crippen LogP contribution >= 0.6 is 0 Å². The van der Waals surface area contributed by atoms with Crippen molar-refractivity contribution < 1.29 is 29.0 Å². The minimum atomic E-state index is -1.04. The van der Waals surface area contributed by atoms with Gasteiger partial charge < -0.3 is 25.2 Å². The van der Waals surface area contributed by atoms with Crippen molar-refractivity contribution in [3.05, 3.63) is 59.2 Å². The van der Waals surface area contributed by atoms with Gasteiger partial charge in [-0.05, 0) is 36.6 Å². The predicted octanol–water partition coefficient (Wildman–Crippen LogP) is 2.24. The highest BCUT2D eigenvalue weighted by Crippen LogP contribution is 2.34. The van der Waals surface area contributed by atoms with Crippen molar-refractivity contribution in [2.24, 2.45) is 17.6 Å². The Balaban J connectivity index is 1.47. The van der Waals surface area contributed by atoms with Crippen LogP contribution in [-0.4, -0.2) is 47.0 Å². The summed E-state index contributed by atoms with van der Waals surface area (Å²) < 4.78 is 11.9. The molecule has 0 saturated heterocycles. The topological polar surface area (TPSA) is 119 Å². The lowest BCUT2D eigenvalue weighted by Crippen LogP contribution is -2.46. The first-order chi connectivity index (χ1) is 15.3. The number of para-hydroxylation sites is 1. The maximum atomic E-state index is 13.0. The number of rotatable bonds is 8. The van der Waals surface area contributed by atoms with Gasteiger partial charge in [-0.15, -0.1) is 0 Å². The number of benzene rings is 2. The van der Waals surface area contributed by atoms with Crippen LogP contribution in [-0.2, 0) is 22.6 Å². The first kappa shape index (κ1) is 21.7. The third-order valence-corrected chi connectivity index (χ3v) is 6.09. The van der Waals surface area contributed by atoms with Crippen LogP contribution in [0.4, 0.5) is 0 Å². The summed E-state index contributed by atoms with van der Waals surface area (Å²) in [7, 11) is 0. The second kappa shape index (κ2) is 8.90. The molecule has 0 aliphatic carbocycles. The Bertz CT molecular complexity index is 1050. The second-order valence-corrected chi connectivity index (χ2v) is 8.41. The van der Waals surface area contributed by atoms with Crippen molar-refractivity contribution >= 4 is 17.8 Å². The summed E-state index contributed by atoms with van der Waals surface area (Å²) in [5, 5.41) is 9.21. The lowest BCUT2D eigenvalue weighted by atomic mass is 9.97. The van der Waals surface area contributed by atoms with E-state index in [4.69, 9.17) is 15.2 Å². The summed E-state index contributed by atoms with van der Waals surface area (Å²) in [6, 6.07) is 12.1. The smallest absolute Gasteiger partial charge is 0.306 e. The van der Waals surface area contributed by atoms with E-state index in [9.17, 15) is 19.5 Å². The standard InChI is InChI=1S/C24H26N2O6/c1-14(24(29)30)9-19(22(25)27)26-11-18-17(23(26)28)6-4-8-21(18)32-13-15-10-16-5-2-3-7-20(16)31-12-15/h2-8,14-15,19H,9-13H2,1H3,(H2,25,27)(H,29,30). The molecule has 8 nitrogen and oxygen atoms in total. The number of carbonyl (C=O) groups is 3. The van der Waals surface area contributed by atoms with E-state index in [1.54, 1.807) is 18.2 Å². The highest BCUT2D eigenvalue weighted by atomic mass is 16.5. The first-order valence-corrected chi connectivity index (χ1v) is 10.6. The zero-order valence-electron chi connectivity index (χ0n) is 17.8. The van der Waals surface area contributed by atoms with Crippen LogP contribution in [0.15, 0.2) is 42.5 Å². The number of primary amides is 1. The number of nitrogens with zero attached hydrogens (tertiary/aromatic N) is 1. The average molecular weight is 438 g/mol. The number of carboxylic acid groups (broad SMARTS) is 1. The molecule has 0 saturated carbocycles. The fourth-order valence-corrected chi connectivity index (χ4v) is 4.25. The van der Waals surface area contributed by atoms with E-state index in [1.165, 1.54) is 11.8 Å². The molecule has 2 aliphatic rings. The first-order valence-electron chi connectivity index (χ1n) is 10.6. The SMILES string of the molecule is CC(CC(C(N)=O)N1Cc2c(OCC3COc4ccccc4C3)cccc2C1=O)C(=O)O. The maximum Gasteiger partial charge on any atom is 0.306 e. The van der Waals surface area contributed by atoms with Gasteiger partial charge in [-0.3, -0.25) is 14.4 Å². The van der Waals surface area contributed by atoms with Crippen LogP contribution in [0.1, 0.15) is 34.8 Å². The molecule has 2 amide bonds. The van der Waals surface area contributed by atoms with E-state index in [0.29, 0.717) is 30.1 Å². The van der Waals surface area contributed by atoms with E-state index in [1.807, 2.05) is 24.3 Å². The van der Waals surface area contributed by atoms with Gasteiger partial charge >= 0.3 is 5.97 Å². The molecule has 3 unspecified atom stereocenters. The fourth-order valence-electron chi connectivity index (χ4n) is 4.25. The van der Waals surface area contributed by atoms with E-state index >= 15 is 0 Å². The zero-order valence-corrected chi connectivity index (χ0v) is 17.8. The highest BCUT2D eigenvalue weighted by Gasteiger charge is 2.38. The van der Waals surface area contributed by atoms with Gasteiger partial charge in [0.2, 0.25) is 5.91 Å². The molecular weight excluding hydrogens is 412 g/mol. The molecule has 2 aromatic rings. The second-order valence-electron chi connectivity index (χ2n) is 8.41. The summed E-state index contributed by atoms with van der Waals surface area (Å²) in [5.74, 6) is -1.27. The summed E-state index contributed by atoms with van der Waals surface area (Å²) in [5.41, 5.74) is 7.80. The summed E-state index contributed by atoms with van der Waals surface area (Å²) in [6.45, 7) is 2.61. The maximum absolute atomic E-state index is 13.0. The fraction of sp³-hybridized carbons (Fsp3) is 0.375. The van der Waals surface area contributed by atoms with Gasteiger partial charge in [0.25, 0.3) is 5.91 Å². The molecule has 0 aromatic heterocycles. The van der Waals surface area contributed by atoms with E-state index in [2.05, 4.69) is 0 Å². The summed E-state index contributed by atoms with van der Waals surface area (Å²) >= 11 is 0. The van der Waals surface area contributed by atoms with Gasteiger partial charge in [0.1, 0.15) is 17.5 Å². The zero-order chi connectivity index (χ0) is 22.8. The molecule has 3 atom stereocenters. The molecule has 8 heteroatoms. The molecule has 2 aromatic carbocycles. The summed E-state index contributed by atoms with van der Waals surface area (Å²) in [6.07, 6.45) is 0.798. The molecule has 2 aliphatic heterocycles. The summed E-state index contributed by atoms with van der Waals surface area (Å²) in [4.78, 5) is 37.6. The van der Waals surface area contributed by atoms with E-state index < -0.39 is 23.8 Å². The van der Waals surface area contributed by atoms with Crippen LogP contribution in [0, 0.1) is 11.8 Å². The number of amides is 2. The monoisotopic (exact) mass is 438 g/mol. The lowest BCUT2D eigenvalue weighted by molar-refractivity contribution is -0.142. The number of ether oxygens (including phenoxy) is 2. The number of nitrogens with two attached hydrogens (primary N) is 1. The van der Waals surface area contributed by atoms with E-state index in [0.717, 1.165) is 17.7 Å². The predicted molar refractivity (Wildman–Crippen MR) is 115 cm³/mol. The molecule has 168 valence electrons. The Morgan fingerprint density at radius 1 is 1.25 bits per heavy atom. The molecule has 4 rings (SSSR count). The van der Waals surface area contributed by atoms with Gasteiger partial charge in [-0.2, -0.15) is 0 Å². The molecule has 0 fully saturated rings.